The van der Waals surface area contributed by atoms with Gasteiger partial charge in [-0.1, -0.05) is 0 Å². The number of likely N-dealkylation sites (tertiary alicyclic amines) is 1. The molecule has 1 aliphatic rings. The van der Waals surface area contributed by atoms with E-state index >= 15 is 0 Å². The molecule has 1 saturated heterocycles. The number of piperidine rings is 1. The Balaban J connectivity index is 1.47. The van der Waals surface area contributed by atoms with Gasteiger partial charge in [0.15, 0.2) is 6.61 Å². The van der Waals surface area contributed by atoms with Gasteiger partial charge in [0, 0.05) is 24.7 Å². The molecule has 0 saturated carbocycles. The molecule has 0 atom stereocenters. The summed E-state index contributed by atoms with van der Waals surface area (Å²) in [4.78, 5) is 42.5. The summed E-state index contributed by atoms with van der Waals surface area (Å²) in [6.07, 6.45) is 0.863. The molecule has 0 aliphatic carbocycles. The van der Waals surface area contributed by atoms with Gasteiger partial charge in [0.25, 0.3) is 5.91 Å². The maximum atomic E-state index is 13.1. The first-order valence-electron chi connectivity index (χ1n) is 9.99. The molecule has 2 aromatic rings. The fourth-order valence-corrected chi connectivity index (χ4v) is 4.15. The number of nitrogens with one attached hydrogen (secondary N) is 1. The first-order valence-corrected chi connectivity index (χ1v) is 10.8. The first-order chi connectivity index (χ1) is 14.9. The number of halogens is 1. The Morgan fingerprint density at radius 2 is 1.87 bits per heavy atom. The van der Waals surface area contributed by atoms with Crippen LogP contribution in [-0.2, 0) is 14.3 Å². The molecule has 2 heterocycles. The van der Waals surface area contributed by atoms with Crippen LogP contribution >= 0.6 is 11.3 Å². The van der Waals surface area contributed by atoms with Crippen molar-refractivity contribution in [2.75, 3.05) is 26.3 Å². The molecule has 10 heteroatoms. The van der Waals surface area contributed by atoms with Crippen LogP contribution in [0.15, 0.2) is 24.3 Å². The highest BCUT2D eigenvalue weighted by Gasteiger charge is 2.25. The van der Waals surface area contributed by atoms with Gasteiger partial charge in [-0.25, -0.2) is 19.0 Å². The Morgan fingerprint density at radius 1 is 1.19 bits per heavy atom. The minimum Gasteiger partial charge on any atom is -0.451 e. The number of thiazole rings is 1. The number of hydrogen-bond acceptors (Lipinski definition) is 7. The van der Waals surface area contributed by atoms with Crippen molar-refractivity contribution in [2.45, 2.75) is 32.7 Å². The molecule has 31 heavy (non-hydrogen) atoms. The SMILES string of the molecule is CCOC(=O)N1CCC(NC(=O)COC(=O)c2sc(-c3ccc(F)cc3)nc2C)CC1. The molecular weight excluding hydrogens is 425 g/mol. The monoisotopic (exact) mass is 449 g/mol. The number of carbonyl (C=O) groups excluding carboxylic acids is 3. The molecule has 3 rings (SSSR count). The average Bonchev–Trinajstić information content (AvgIpc) is 3.15. The molecule has 1 aromatic heterocycles. The second kappa shape index (κ2) is 10.3. The van der Waals surface area contributed by atoms with Crippen LogP contribution in [0, 0.1) is 12.7 Å². The summed E-state index contributed by atoms with van der Waals surface area (Å²) in [6, 6.07) is 5.73. The fourth-order valence-electron chi connectivity index (χ4n) is 3.19. The highest BCUT2D eigenvalue weighted by Crippen LogP contribution is 2.28. The maximum Gasteiger partial charge on any atom is 0.409 e. The highest BCUT2D eigenvalue weighted by molar-refractivity contribution is 7.17. The van der Waals surface area contributed by atoms with E-state index < -0.39 is 18.5 Å². The van der Waals surface area contributed by atoms with E-state index in [0.717, 1.165) is 11.3 Å². The molecule has 8 nitrogen and oxygen atoms in total. The van der Waals surface area contributed by atoms with Crippen molar-refractivity contribution in [1.82, 2.24) is 15.2 Å². The van der Waals surface area contributed by atoms with Gasteiger partial charge >= 0.3 is 12.1 Å². The summed E-state index contributed by atoms with van der Waals surface area (Å²) < 4.78 is 23.2. The van der Waals surface area contributed by atoms with Crippen LogP contribution in [0.1, 0.15) is 35.1 Å². The normalized spacial score (nSPS) is 14.2. The van der Waals surface area contributed by atoms with Crippen LogP contribution < -0.4 is 5.32 Å². The van der Waals surface area contributed by atoms with E-state index in [4.69, 9.17) is 9.47 Å². The van der Waals surface area contributed by atoms with Crippen LogP contribution in [0.2, 0.25) is 0 Å². The van der Waals surface area contributed by atoms with Crippen molar-refractivity contribution < 1.29 is 28.2 Å². The lowest BCUT2D eigenvalue weighted by Crippen LogP contribution is -2.47. The standard InChI is InChI=1S/C21H24FN3O5S/c1-3-29-21(28)25-10-8-16(9-11-25)24-17(26)12-30-20(27)18-13(2)23-19(31-18)14-4-6-15(22)7-5-14/h4-7,16H,3,8-12H2,1-2H3,(H,24,26). The zero-order valence-corrected chi connectivity index (χ0v) is 18.2. The van der Waals surface area contributed by atoms with Crippen LogP contribution in [0.4, 0.5) is 9.18 Å². The average molecular weight is 450 g/mol. The molecule has 0 bridgehead atoms. The highest BCUT2D eigenvalue weighted by atomic mass is 32.1. The molecule has 166 valence electrons. The van der Waals surface area contributed by atoms with Crippen LogP contribution in [0.3, 0.4) is 0 Å². The third-order valence-corrected chi connectivity index (χ3v) is 5.98. The van der Waals surface area contributed by atoms with E-state index in [0.29, 0.717) is 53.7 Å². The Kier molecular flexibility index (Phi) is 7.56. The van der Waals surface area contributed by atoms with Crippen molar-refractivity contribution in [3.05, 3.63) is 40.7 Å². The lowest BCUT2D eigenvalue weighted by atomic mass is 10.1. The summed E-state index contributed by atoms with van der Waals surface area (Å²) in [7, 11) is 0. The Labute approximate surface area is 183 Å². The molecule has 0 radical (unpaired) electrons. The lowest BCUT2D eigenvalue weighted by Gasteiger charge is -2.31. The summed E-state index contributed by atoms with van der Waals surface area (Å²) in [5.41, 5.74) is 1.18. The van der Waals surface area contributed by atoms with Gasteiger partial charge in [0.2, 0.25) is 0 Å². The molecule has 1 N–H and O–H groups in total. The minimum absolute atomic E-state index is 0.0907. The number of esters is 1. The summed E-state index contributed by atoms with van der Waals surface area (Å²) in [5, 5.41) is 3.40. The fraction of sp³-hybridized carbons (Fsp3) is 0.429. The molecule has 0 spiro atoms. The van der Waals surface area contributed by atoms with Crippen molar-refractivity contribution in [1.29, 1.82) is 0 Å². The zero-order valence-electron chi connectivity index (χ0n) is 17.4. The quantitative estimate of drug-likeness (QED) is 0.681. The number of rotatable bonds is 6. The number of hydrogen-bond donors (Lipinski definition) is 1. The van der Waals surface area contributed by atoms with Gasteiger partial charge in [-0.3, -0.25) is 4.79 Å². The number of benzene rings is 1. The molecular formula is C21H24FN3O5S. The molecule has 1 fully saturated rings. The number of amides is 2. The van der Waals surface area contributed by atoms with Crippen LogP contribution in [0.5, 0.6) is 0 Å². The molecule has 0 unspecified atom stereocenters. The van der Waals surface area contributed by atoms with E-state index in [1.807, 2.05) is 0 Å². The van der Waals surface area contributed by atoms with Crippen LogP contribution in [0.25, 0.3) is 10.6 Å². The number of nitrogens with zero attached hydrogens (tertiary/aromatic N) is 2. The maximum absolute atomic E-state index is 13.1. The first kappa shape index (κ1) is 22.7. The smallest absolute Gasteiger partial charge is 0.409 e. The number of carbonyl (C=O) groups is 3. The second-order valence-electron chi connectivity index (χ2n) is 7.04. The van der Waals surface area contributed by atoms with E-state index in [2.05, 4.69) is 10.3 Å². The lowest BCUT2D eigenvalue weighted by molar-refractivity contribution is -0.125. The van der Waals surface area contributed by atoms with Crippen molar-refractivity contribution in [3.8, 4) is 10.6 Å². The van der Waals surface area contributed by atoms with Gasteiger partial charge in [0.1, 0.15) is 15.7 Å². The largest absolute Gasteiger partial charge is 0.451 e. The van der Waals surface area contributed by atoms with Gasteiger partial charge in [-0.05, 0) is 51.0 Å². The van der Waals surface area contributed by atoms with Crippen LogP contribution in [-0.4, -0.2) is 60.2 Å². The third-order valence-electron chi connectivity index (χ3n) is 4.79. The summed E-state index contributed by atoms with van der Waals surface area (Å²) in [5.74, 6) is -1.38. The second-order valence-corrected chi connectivity index (χ2v) is 8.04. The van der Waals surface area contributed by atoms with E-state index in [1.165, 1.54) is 12.1 Å². The van der Waals surface area contributed by atoms with E-state index in [1.54, 1.807) is 30.9 Å². The predicted octanol–water partition coefficient (Wildman–Crippen LogP) is 3.15. The molecule has 1 aromatic carbocycles. The Bertz CT molecular complexity index is 939. The van der Waals surface area contributed by atoms with E-state index in [9.17, 15) is 18.8 Å². The van der Waals surface area contributed by atoms with E-state index in [-0.39, 0.29) is 18.0 Å². The summed E-state index contributed by atoms with van der Waals surface area (Å²) >= 11 is 1.13. The number of aryl methyl sites for hydroxylation is 1. The number of aromatic nitrogens is 1. The number of ether oxygens (including phenoxy) is 2. The zero-order chi connectivity index (χ0) is 22.4. The molecule has 1 aliphatic heterocycles. The van der Waals surface area contributed by atoms with Gasteiger partial charge < -0.3 is 19.7 Å². The topological polar surface area (TPSA) is 97.8 Å². The van der Waals surface area contributed by atoms with Crippen molar-refractivity contribution in [3.63, 3.8) is 0 Å². The Morgan fingerprint density at radius 3 is 2.52 bits per heavy atom. The third kappa shape index (κ3) is 6.00. The predicted molar refractivity (Wildman–Crippen MR) is 112 cm³/mol. The minimum atomic E-state index is -0.629. The summed E-state index contributed by atoms with van der Waals surface area (Å²) in [6.45, 7) is 4.35. The van der Waals surface area contributed by atoms with Gasteiger partial charge in [-0.2, -0.15) is 0 Å². The van der Waals surface area contributed by atoms with Gasteiger partial charge in [0.05, 0.1) is 12.3 Å². The van der Waals surface area contributed by atoms with Gasteiger partial charge in [-0.15, -0.1) is 11.3 Å². The van der Waals surface area contributed by atoms with Crippen molar-refractivity contribution in [2.24, 2.45) is 0 Å². The Hall–Kier alpha value is -3.01. The van der Waals surface area contributed by atoms with Crippen molar-refractivity contribution >= 4 is 29.3 Å². The molecule has 2 amide bonds.